The van der Waals surface area contributed by atoms with Gasteiger partial charge in [0.15, 0.2) is 0 Å². The van der Waals surface area contributed by atoms with E-state index in [9.17, 15) is 4.79 Å². The monoisotopic (exact) mass is 422 g/mol. The van der Waals surface area contributed by atoms with Crippen molar-refractivity contribution in [3.8, 4) is 5.75 Å². The Labute approximate surface area is 187 Å². The summed E-state index contributed by atoms with van der Waals surface area (Å²) in [6, 6.07) is 7.76. The molecule has 0 bridgehead atoms. The first-order valence-corrected chi connectivity index (χ1v) is 11.9. The molecule has 0 heterocycles. The molecule has 0 N–H and O–H groups in total. The predicted molar refractivity (Wildman–Crippen MR) is 125 cm³/mol. The van der Waals surface area contributed by atoms with Crippen LogP contribution in [0.5, 0.6) is 5.75 Å². The van der Waals surface area contributed by atoms with E-state index >= 15 is 0 Å². The van der Waals surface area contributed by atoms with Crippen LogP contribution in [0.25, 0.3) is 0 Å². The first-order chi connectivity index (χ1) is 14.7. The second-order valence-electron chi connectivity index (χ2n) is 10.9. The molecule has 0 spiro atoms. The van der Waals surface area contributed by atoms with Crippen LogP contribution in [0.3, 0.4) is 0 Å². The average molecular weight is 423 g/mol. The molecule has 4 rings (SSSR count). The molecule has 0 aromatic heterocycles. The Morgan fingerprint density at radius 1 is 1.16 bits per heavy atom. The lowest BCUT2D eigenvalue weighted by Gasteiger charge is -2.58. The van der Waals surface area contributed by atoms with Crippen LogP contribution >= 0.6 is 0 Å². The fourth-order valence-electron chi connectivity index (χ4n) is 6.89. The third-order valence-electron chi connectivity index (χ3n) is 8.82. The molecule has 168 valence electrons. The van der Waals surface area contributed by atoms with Gasteiger partial charge in [-0.3, -0.25) is 4.79 Å². The molecule has 0 radical (unpaired) electrons. The maximum atomic E-state index is 13.4. The van der Waals surface area contributed by atoms with Crippen LogP contribution in [0.2, 0.25) is 0 Å². The SMILES string of the molecule is C=C[C@@]1(C)CC=C2[C@@H](CC[C@@H]3[C@](C)(C(=O)OCc4ccc(OC)cc4)CCC[C@@]23C)C1. The number of ether oxygens (including phenoxy) is 2. The minimum Gasteiger partial charge on any atom is -0.497 e. The van der Waals surface area contributed by atoms with Crippen LogP contribution in [0.4, 0.5) is 0 Å². The minimum atomic E-state index is -0.412. The quantitative estimate of drug-likeness (QED) is 0.383. The van der Waals surface area contributed by atoms with Gasteiger partial charge in [0, 0.05) is 0 Å². The Hall–Kier alpha value is -2.03. The number of benzene rings is 1. The lowest BCUT2D eigenvalue weighted by Crippen LogP contribution is -2.53. The van der Waals surface area contributed by atoms with Gasteiger partial charge in [-0.25, -0.2) is 0 Å². The van der Waals surface area contributed by atoms with E-state index in [1.165, 1.54) is 19.3 Å². The topological polar surface area (TPSA) is 35.5 Å². The van der Waals surface area contributed by atoms with Crippen molar-refractivity contribution in [3.63, 3.8) is 0 Å². The summed E-state index contributed by atoms with van der Waals surface area (Å²) in [4.78, 5) is 13.4. The van der Waals surface area contributed by atoms with Crippen molar-refractivity contribution in [1.82, 2.24) is 0 Å². The Kier molecular flexibility index (Phi) is 5.83. The van der Waals surface area contributed by atoms with Crippen molar-refractivity contribution < 1.29 is 14.3 Å². The molecule has 2 fully saturated rings. The fourth-order valence-corrected chi connectivity index (χ4v) is 6.89. The van der Waals surface area contributed by atoms with Crippen LogP contribution < -0.4 is 4.74 Å². The molecule has 0 saturated heterocycles. The highest BCUT2D eigenvalue weighted by Crippen LogP contribution is 2.64. The normalized spacial score (nSPS) is 37.1. The lowest BCUT2D eigenvalue weighted by atomic mass is 9.46. The molecule has 3 aliphatic rings. The van der Waals surface area contributed by atoms with Crippen LogP contribution in [0.15, 0.2) is 48.6 Å². The number of hydrogen-bond acceptors (Lipinski definition) is 3. The zero-order valence-corrected chi connectivity index (χ0v) is 19.7. The van der Waals surface area contributed by atoms with Crippen molar-refractivity contribution in [2.75, 3.05) is 7.11 Å². The van der Waals surface area contributed by atoms with E-state index < -0.39 is 5.41 Å². The van der Waals surface area contributed by atoms with Crippen LogP contribution in [0.1, 0.15) is 71.3 Å². The molecule has 5 atom stereocenters. The average Bonchev–Trinajstić information content (AvgIpc) is 2.77. The molecular weight excluding hydrogens is 384 g/mol. The maximum absolute atomic E-state index is 13.4. The van der Waals surface area contributed by atoms with Crippen molar-refractivity contribution in [2.24, 2.45) is 28.1 Å². The molecule has 2 saturated carbocycles. The summed E-state index contributed by atoms with van der Waals surface area (Å²) >= 11 is 0. The third kappa shape index (κ3) is 3.85. The second-order valence-corrected chi connectivity index (χ2v) is 10.9. The number of carbonyl (C=O) groups excluding carboxylic acids is 1. The van der Waals surface area contributed by atoms with Crippen molar-refractivity contribution in [2.45, 2.75) is 72.3 Å². The van der Waals surface area contributed by atoms with Gasteiger partial charge in [0.2, 0.25) is 0 Å². The van der Waals surface area contributed by atoms with Crippen LogP contribution in [0, 0.1) is 28.1 Å². The zero-order valence-electron chi connectivity index (χ0n) is 19.7. The second kappa shape index (κ2) is 8.15. The molecule has 3 aliphatic carbocycles. The molecule has 0 amide bonds. The summed E-state index contributed by atoms with van der Waals surface area (Å²) < 4.78 is 11.1. The number of hydrogen-bond donors (Lipinski definition) is 0. The van der Waals surface area contributed by atoms with Gasteiger partial charge >= 0.3 is 5.97 Å². The Morgan fingerprint density at radius 3 is 2.58 bits per heavy atom. The van der Waals surface area contributed by atoms with E-state index in [1.807, 2.05) is 24.3 Å². The summed E-state index contributed by atoms with van der Waals surface area (Å²) in [6.07, 6.45) is 12.4. The van der Waals surface area contributed by atoms with Gasteiger partial charge in [-0.05, 0) is 85.8 Å². The first kappa shape index (κ1) is 22.2. The lowest BCUT2D eigenvalue weighted by molar-refractivity contribution is -0.169. The van der Waals surface area contributed by atoms with E-state index in [0.717, 1.165) is 37.0 Å². The highest BCUT2D eigenvalue weighted by molar-refractivity contribution is 5.77. The molecule has 0 unspecified atom stereocenters. The molecule has 31 heavy (non-hydrogen) atoms. The van der Waals surface area contributed by atoms with Gasteiger partial charge in [0.25, 0.3) is 0 Å². The van der Waals surface area contributed by atoms with E-state index in [2.05, 4.69) is 39.5 Å². The van der Waals surface area contributed by atoms with Gasteiger partial charge in [0.05, 0.1) is 12.5 Å². The highest BCUT2D eigenvalue weighted by Gasteiger charge is 2.58. The van der Waals surface area contributed by atoms with Crippen LogP contribution in [-0.2, 0) is 16.1 Å². The number of rotatable bonds is 5. The summed E-state index contributed by atoms with van der Waals surface area (Å²) in [5.41, 5.74) is 2.53. The number of methoxy groups -OCH3 is 1. The fraction of sp³-hybridized carbons (Fsp3) is 0.607. The largest absolute Gasteiger partial charge is 0.497 e. The zero-order chi connectivity index (χ0) is 22.3. The number of esters is 1. The Balaban J connectivity index is 1.52. The first-order valence-electron chi connectivity index (χ1n) is 11.9. The maximum Gasteiger partial charge on any atom is 0.312 e. The van der Waals surface area contributed by atoms with Crippen molar-refractivity contribution in [1.29, 1.82) is 0 Å². The van der Waals surface area contributed by atoms with Gasteiger partial charge in [-0.15, -0.1) is 6.58 Å². The third-order valence-corrected chi connectivity index (χ3v) is 8.82. The van der Waals surface area contributed by atoms with Gasteiger partial charge in [0.1, 0.15) is 12.4 Å². The van der Waals surface area contributed by atoms with Gasteiger partial charge in [-0.2, -0.15) is 0 Å². The van der Waals surface area contributed by atoms with Crippen LogP contribution in [-0.4, -0.2) is 13.1 Å². The van der Waals surface area contributed by atoms with Crippen molar-refractivity contribution >= 4 is 5.97 Å². The molecule has 1 aromatic carbocycles. The number of allylic oxidation sites excluding steroid dienone is 3. The van der Waals surface area contributed by atoms with Crippen molar-refractivity contribution in [3.05, 3.63) is 54.1 Å². The molecular formula is C28H38O3. The van der Waals surface area contributed by atoms with E-state index in [0.29, 0.717) is 18.4 Å². The van der Waals surface area contributed by atoms with Gasteiger partial charge < -0.3 is 9.47 Å². The Morgan fingerprint density at radius 2 is 1.90 bits per heavy atom. The summed E-state index contributed by atoms with van der Waals surface area (Å²) in [6.45, 7) is 11.4. The molecule has 3 heteroatoms. The smallest absolute Gasteiger partial charge is 0.312 e. The van der Waals surface area contributed by atoms with E-state index in [4.69, 9.17) is 9.47 Å². The summed E-state index contributed by atoms with van der Waals surface area (Å²) in [5, 5.41) is 0. The highest BCUT2D eigenvalue weighted by atomic mass is 16.5. The summed E-state index contributed by atoms with van der Waals surface area (Å²) in [5.74, 6) is 1.78. The molecule has 3 nitrogen and oxygen atoms in total. The Bertz CT molecular complexity index is 869. The van der Waals surface area contributed by atoms with E-state index in [-0.39, 0.29) is 16.8 Å². The summed E-state index contributed by atoms with van der Waals surface area (Å²) in [7, 11) is 1.66. The molecule has 1 aromatic rings. The standard InChI is InChI=1S/C28H38O3/c1-6-26(2)17-14-23-21(18-26)10-13-24-27(23,3)15-7-16-28(24,4)25(29)31-19-20-8-11-22(30-5)12-9-20/h6,8-9,11-12,14,21,24H,1,7,10,13,15-19H2,2-5H3/t21-,24-,26-,27-,28+/m0/s1. The van der Waals surface area contributed by atoms with E-state index in [1.54, 1.807) is 12.7 Å². The number of carbonyl (C=O) groups is 1. The molecule has 0 aliphatic heterocycles. The number of fused-ring (bicyclic) bond motifs is 3. The van der Waals surface area contributed by atoms with Gasteiger partial charge in [-0.1, -0.05) is 50.1 Å². The minimum absolute atomic E-state index is 0.0231. The predicted octanol–water partition coefficient (Wildman–Crippen LogP) is 6.87.